The van der Waals surface area contributed by atoms with E-state index in [-0.39, 0.29) is 11.2 Å². The topological polar surface area (TPSA) is 50.9 Å². The zero-order valence-corrected chi connectivity index (χ0v) is 18.0. The SMILES string of the molecule is Cc1cc(-n2nc3ccc(SC4CCCCC4)cc3n2)c(O)c(C(C)(C)C)c1. The number of aryl methyl sites for hydroxylation is 1. The Labute approximate surface area is 171 Å². The number of phenols is 1. The van der Waals surface area contributed by atoms with Crippen molar-refractivity contribution in [2.45, 2.75) is 75.4 Å². The molecular formula is C23H29N3OS. The first-order valence-electron chi connectivity index (χ1n) is 10.2. The molecule has 1 saturated carbocycles. The molecule has 4 nitrogen and oxygen atoms in total. The minimum Gasteiger partial charge on any atom is -0.505 e. The third-order valence-corrected chi connectivity index (χ3v) is 6.80. The molecule has 1 fully saturated rings. The van der Waals surface area contributed by atoms with Crippen molar-refractivity contribution in [3.05, 3.63) is 41.5 Å². The molecular weight excluding hydrogens is 366 g/mol. The first-order chi connectivity index (χ1) is 13.3. The largest absolute Gasteiger partial charge is 0.505 e. The smallest absolute Gasteiger partial charge is 0.146 e. The summed E-state index contributed by atoms with van der Waals surface area (Å²) < 4.78 is 0. The summed E-state index contributed by atoms with van der Waals surface area (Å²) >= 11 is 1.97. The molecule has 0 unspecified atom stereocenters. The maximum Gasteiger partial charge on any atom is 0.146 e. The lowest BCUT2D eigenvalue weighted by atomic mass is 9.85. The number of hydrogen-bond acceptors (Lipinski definition) is 4. The zero-order chi connectivity index (χ0) is 19.9. The summed E-state index contributed by atoms with van der Waals surface area (Å²) in [5.41, 5.74) is 4.22. The molecule has 5 heteroatoms. The lowest BCUT2D eigenvalue weighted by Gasteiger charge is -2.22. The van der Waals surface area contributed by atoms with Crippen molar-refractivity contribution in [2.24, 2.45) is 0 Å². The van der Waals surface area contributed by atoms with Crippen molar-refractivity contribution in [2.75, 3.05) is 0 Å². The fraction of sp³-hybridized carbons (Fsp3) is 0.478. The number of benzene rings is 2. The molecule has 28 heavy (non-hydrogen) atoms. The maximum atomic E-state index is 10.9. The first-order valence-corrected chi connectivity index (χ1v) is 11.1. The summed E-state index contributed by atoms with van der Waals surface area (Å²) in [4.78, 5) is 2.84. The number of phenolic OH excluding ortho intramolecular Hbond substituents is 1. The highest BCUT2D eigenvalue weighted by Gasteiger charge is 2.22. The van der Waals surface area contributed by atoms with Gasteiger partial charge in [-0.3, -0.25) is 0 Å². The molecule has 1 N–H and O–H groups in total. The predicted molar refractivity (Wildman–Crippen MR) is 117 cm³/mol. The van der Waals surface area contributed by atoms with Crippen LogP contribution in [0.2, 0.25) is 0 Å². The molecule has 3 aromatic rings. The monoisotopic (exact) mass is 395 g/mol. The van der Waals surface area contributed by atoms with Crippen molar-refractivity contribution in [3.63, 3.8) is 0 Å². The first kappa shape index (κ1) is 19.3. The summed E-state index contributed by atoms with van der Waals surface area (Å²) in [7, 11) is 0. The Morgan fingerprint density at radius 1 is 1.00 bits per heavy atom. The molecule has 0 atom stereocenters. The number of nitrogens with zero attached hydrogens (tertiary/aromatic N) is 3. The van der Waals surface area contributed by atoms with Gasteiger partial charge in [0.05, 0.1) is 0 Å². The Kier molecular flexibility index (Phi) is 5.13. The molecule has 148 valence electrons. The van der Waals surface area contributed by atoms with E-state index in [0.29, 0.717) is 5.69 Å². The van der Waals surface area contributed by atoms with E-state index < -0.39 is 0 Å². The molecule has 0 radical (unpaired) electrons. The second-order valence-electron chi connectivity index (χ2n) is 8.95. The molecule has 1 aliphatic rings. The van der Waals surface area contributed by atoms with Crippen molar-refractivity contribution in [1.82, 2.24) is 15.0 Å². The van der Waals surface area contributed by atoms with Crippen LogP contribution in [0.5, 0.6) is 5.75 Å². The number of aromatic hydroxyl groups is 1. The van der Waals surface area contributed by atoms with E-state index in [9.17, 15) is 5.11 Å². The van der Waals surface area contributed by atoms with Gasteiger partial charge >= 0.3 is 0 Å². The third-order valence-electron chi connectivity index (χ3n) is 5.46. The quantitative estimate of drug-likeness (QED) is 0.577. The average molecular weight is 396 g/mol. The van der Waals surface area contributed by atoms with Gasteiger partial charge in [-0.1, -0.05) is 46.1 Å². The van der Waals surface area contributed by atoms with Crippen LogP contribution in [-0.2, 0) is 5.41 Å². The predicted octanol–water partition coefficient (Wildman–Crippen LogP) is 6.16. The highest BCUT2D eigenvalue weighted by Crippen LogP contribution is 2.37. The summed E-state index contributed by atoms with van der Waals surface area (Å²) in [6, 6.07) is 10.3. The van der Waals surface area contributed by atoms with Crippen LogP contribution in [0.15, 0.2) is 35.2 Å². The van der Waals surface area contributed by atoms with Crippen LogP contribution in [0.25, 0.3) is 16.7 Å². The van der Waals surface area contributed by atoms with Crippen LogP contribution in [-0.4, -0.2) is 25.4 Å². The number of rotatable bonds is 3. The molecule has 1 heterocycles. The number of aromatic nitrogens is 3. The van der Waals surface area contributed by atoms with E-state index >= 15 is 0 Å². The van der Waals surface area contributed by atoms with Crippen molar-refractivity contribution < 1.29 is 5.11 Å². The molecule has 0 saturated heterocycles. The minimum atomic E-state index is -0.152. The Morgan fingerprint density at radius 3 is 2.43 bits per heavy atom. The van der Waals surface area contributed by atoms with Crippen molar-refractivity contribution in [1.29, 1.82) is 0 Å². The fourth-order valence-electron chi connectivity index (χ4n) is 3.93. The summed E-state index contributed by atoms with van der Waals surface area (Å²) in [5.74, 6) is 0.259. The lowest BCUT2D eigenvalue weighted by molar-refractivity contribution is 0.440. The minimum absolute atomic E-state index is 0.152. The van der Waals surface area contributed by atoms with Crippen LogP contribution in [0.1, 0.15) is 64.0 Å². The zero-order valence-electron chi connectivity index (χ0n) is 17.2. The second-order valence-corrected chi connectivity index (χ2v) is 10.3. The fourth-order valence-corrected chi connectivity index (χ4v) is 5.21. The second kappa shape index (κ2) is 7.43. The van der Waals surface area contributed by atoms with Crippen LogP contribution in [0, 0.1) is 6.92 Å². The van der Waals surface area contributed by atoms with Gasteiger partial charge in [0.25, 0.3) is 0 Å². The van der Waals surface area contributed by atoms with E-state index in [0.717, 1.165) is 27.4 Å². The average Bonchev–Trinajstić information content (AvgIpc) is 3.06. The van der Waals surface area contributed by atoms with Gasteiger partial charge in [-0.15, -0.1) is 26.8 Å². The van der Waals surface area contributed by atoms with Gasteiger partial charge in [-0.2, -0.15) is 0 Å². The van der Waals surface area contributed by atoms with Gasteiger partial charge in [0.15, 0.2) is 0 Å². The highest BCUT2D eigenvalue weighted by atomic mass is 32.2. The van der Waals surface area contributed by atoms with E-state index in [1.54, 1.807) is 4.80 Å². The normalized spacial score (nSPS) is 16.0. The van der Waals surface area contributed by atoms with E-state index in [1.807, 2.05) is 36.9 Å². The van der Waals surface area contributed by atoms with Crippen LogP contribution in [0.3, 0.4) is 0 Å². The van der Waals surface area contributed by atoms with Crippen molar-refractivity contribution in [3.8, 4) is 11.4 Å². The van der Waals surface area contributed by atoms with Crippen LogP contribution < -0.4 is 0 Å². The van der Waals surface area contributed by atoms with Gasteiger partial charge in [-0.05, 0) is 55.0 Å². The molecule has 0 spiro atoms. The maximum absolute atomic E-state index is 10.9. The molecule has 0 bridgehead atoms. The summed E-state index contributed by atoms with van der Waals surface area (Å²) in [6.07, 6.45) is 6.68. The van der Waals surface area contributed by atoms with E-state index in [2.05, 4.69) is 38.0 Å². The van der Waals surface area contributed by atoms with Crippen LogP contribution in [0.4, 0.5) is 0 Å². The third kappa shape index (κ3) is 3.90. The standard InChI is InChI=1S/C23H29N3OS/c1-15-12-18(23(2,3)4)22(27)21(13-15)26-24-19-11-10-17(14-20(19)25-26)28-16-8-6-5-7-9-16/h10-14,16,27H,5-9H2,1-4H3. The highest BCUT2D eigenvalue weighted by molar-refractivity contribution is 8.00. The molecule has 0 aliphatic heterocycles. The lowest BCUT2D eigenvalue weighted by Crippen LogP contribution is -2.13. The number of hydrogen-bond donors (Lipinski definition) is 1. The molecule has 2 aromatic carbocycles. The van der Waals surface area contributed by atoms with Gasteiger partial charge in [0, 0.05) is 15.7 Å². The van der Waals surface area contributed by atoms with E-state index in [4.69, 9.17) is 5.10 Å². The Morgan fingerprint density at radius 2 is 1.71 bits per heavy atom. The Bertz CT molecular complexity index is 997. The van der Waals surface area contributed by atoms with Gasteiger partial charge in [0.1, 0.15) is 22.5 Å². The van der Waals surface area contributed by atoms with Gasteiger partial charge < -0.3 is 5.11 Å². The molecule has 0 amide bonds. The number of thioether (sulfide) groups is 1. The van der Waals surface area contributed by atoms with Crippen molar-refractivity contribution >= 4 is 22.8 Å². The Hall–Kier alpha value is -2.01. The van der Waals surface area contributed by atoms with Crippen LogP contribution >= 0.6 is 11.8 Å². The van der Waals surface area contributed by atoms with E-state index in [1.165, 1.54) is 37.0 Å². The van der Waals surface area contributed by atoms with Gasteiger partial charge in [0.2, 0.25) is 0 Å². The Balaban J connectivity index is 1.69. The van der Waals surface area contributed by atoms with Gasteiger partial charge in [-0.25, -0.2) is 0 Å². The molecule has 1 aliphatic carbocycles. The molecule has 4 rings (SSSR count). The number of fused-ring (bicyclic) bond motifs is 1. The molecule has 1 aromatic heterocycles. The summed E-state index contributed by atoms with van der Waals surface area (Å²) in [6.45, 7) is 8.35. The summed E-state index contributed by atoms with van der Waals surface area (Å²) in [5, 5.41) is 20.9.